The maximum atomic E-state index is 13.1. The first-order valence-electron chi connectivity index (χ1n) is 9.53. The van der Waals surface area contributed by atoms with Gasteiger partial charge in [0.15, 0.2) is 30.8 Å². The Labute approximate surface area is 211 Å². The van der Waals surface area contributed by atoms with Crippen LogP contribution in [-0.2, 0) is 17.9 Å². The van der Waals surface area contributed by atoms with E-state index < -0.39 is 23.4 Å². The molecule has 2 aromatic heterocycles. The van der Waals surface area contributed by atoms with Gasteiger partial charge in [0, 0.05) is 12.0 Å². The second-order valence-electron chi connectivity index (χ2n) is 7.55. The largest absolute Gasteiger partial charge is 0.505 e. The van der Waals surface area contributed by atoms with Crippen LogP contribution in [0.25, 0.3) is 0 Å². The van der Waals surface area contributed by atoms with E-state index in [9.17, 15) is 35.4 Å². The smallest absolute Gasteiger partial charge is 0.403 e. The van der Waals surface area contributed by atoms with E-state index in [0.29, 0.717) is 4.90 Å². The number of carbonyl (C=O) groups is 1. The zero-order chi connectivity index (χ0) is 25.8. The first-order chi connectivity index (χ1) is 16.2. The highest BCUT2D eigenvalue weighted by Crippen LogP contribution is 2.42. The lowest BCUT2D eigenvalue weighted by Gasteiger charge is -2.21. The van der Waals surface area contributed by atoms with Crippen LogP contribution in [0, 0.1) is 0 Å². The minimum absolute atomic E-state index is 0.0351. The van der Waals surface area contributed by atoms with E-state index in [1.165, 1.54) is 6.07 Å². The van der Waals surface area contributed by atoms with Gasteiger partial charge in [-0.1, -0.05) is 16.8 Å². The summed E-state index contributed by atoms with van der Waals surface area (Å²) in [4.78, 5) is 13.8. The van der Waals surface area contributed by atoms with E-state index in [2.05, 4.69) is 9.88 Å². The second-order valence-corrected chi connectivity index (χ2v) is 9.69. The third-order valence-electron chi connectivity index (χ3n) is 4.62. The number of aromatic nitrogens is 1. The molecule has 1 aliphatic heterocycles. The normalized spacial score (nSPS) is 14.9. The molecule has 0 fully saturated rings. The molecule has 0 spiro atoms. The van der Waals surface area contributed by atoms with Crippen molar-refractivity contribution in [1.29, 1.82) is 0 Å². The number of fused-ring (bicyclic) bond motifs is 1. The van der Waals surface area contributed by atoms with Crippen LogP contribution in [0.2, 0.25) is 5.02 Å². The fourth-order valence-corrected chi connectivity index (χ4v) is 5.25. The number of benzene rings is 1. The predicted molar refractivity (Wildman–Crippen MR) is 122 cm³/mol. The van der Waals surface area contributed by atoms with E-state index >= 15 is 0 Å². The Morgan fingerprint density at radius 1 is 1.26 bits per heavy atom. The van der Waals surface area contributed by atoms with Gasteiger partial charge in [-0.05, 0) is 48.0 Å². The SMILES string of the molecule is [B]C(O)(O)c1cc2c(cc1CC(=O)c1sccc1SNc1onc(C(C)(O)O)c1Cl)OC(O)(O)O2. The van der Waals surface area contributed by atoms with E-state index in [1.54, 1.807) is 11.4 Å². The average molecular weight is 543 g/mol. The van der Waals surface area contributed by atoms with Crippen molar-refractivity contribution in [2.45, 2.75) is 35.9 Å². The quantitative estimate of drug-likeness (QED) is 0.0911. The minimum atomic E-state index is -2.96. The summed E-state index contributed by atoms with van der Waals surface area (Å²) >= 11 is 8.09. The number of ketones is 1. The highest BCUT2D eigenvalue weighted by molar-refractivity contribution is 8.00. The lowest BCUT2D eigenvalue weighted by atomic mass is 9.83. The van der Waals surface area contributed by atoms with Gasteiger partial charge >= 0.3 is 6.16 Å². The van der Waals surface area contributed by atoms with Crippen LogP contribution in [0.4, 0.5) is 5.88 Å². The van der Waals surface area contributed by atoms with Gasteiger partial charge in [0.2, 0.25) is 5.79 Å². The number of ether oxygens (including phenoxy) is 2. The molecule has 0 aliphatic carbocycles. The third kappa shape index (κ3) is 5.43. The van der Waals surface area contributed by atoms with Crippen LogP contribution in [0.1, 0.15) is 33.4 Å². The van der Waals surface area contributed by atoms with Crippen LogP contribution in [0.15, 0.2) is 33.0 Å². The van der Waals surface area contributed by atoms with Crippen molar-refractivity contribution in [3.8, 4) is 11.5 Å². The van der Waals surface area contributed by atoms with E-state index in [-0.39, 0.29) is 50.5 Å². The van der Waals surface area contributed by atoms with Crippen molar-refractivity contribution in [3.63, 3.8) is 0 Å². The topological polar surface area (TPSA) is 195 Å². The maximum Gasteiger partial charge on any atom is 0.505 e. The number of halogens is 1. The molecule has 35 heavy (non-hydrogen) atoms. The molecule has 0 atom stereocenters. The molecule has 3 aromatic rings. The number of hydrogen-bond donors (Lipinski definition) is 7. The Morgan fingerprint density at radius 3 is 2.51 bits per heavy atom. The van der Waals surface area contributed by atoms with Crippen molar-refractivity contribution in [2.75, 3.05) is 4.72 Å². The summed E-state index contributed by atoms with van der Waals surface area (Å²) < 4.78 is 17.3. The van der Waals surface area contributed by atoms with E-state index in [0.717, 1.165) is 36.3 Å². The van der Waals surface area contributed by atoms with Gasteiger partial charge in [0.25, 0.3) is 5.88 Å². The van der Waals surface area contributed by atoms with Crippen molar-refractivity contribution >= 4 is 54.4 Å². The van der Waals surface area contributed by atoms with Crippen LogP contribution in [-0.4, -0.2) is 55.6 Å². The van der Waals surface area contributed by atoms with Crippen LogP contribution >= 0.6 is 34.9 Å². The molecule has 0 saturated carbocycles. The van der Waals surface area contributed by atoms with Gasteiger partial charge in [0.1, 0.15) is 10.7 Å². The van der Waals surface area contributed by atoms with Gasteiger partial charge in [-0.3, -0.25) is 19.7 Å². The number of nitrogens with one attached hydrogen (secondary N) is 1. The molecule has 4 rings (SSSR count). The molecule has 0 unspecified atom stereocenters. The number of hydrogen-bond acceptors (Lipinski definition) is 14. The molecule has 1 aliphatic rings. The molecular formula is C19H16BClN2O10S2. The molecule has 7 N–H and O–H groups in total. The number of Topliss-reactive ketones (excluding diaryl/α,β-unsaturated/α-hetero) is 1. The van der Waals surface area contributed by atoms with E-state index in [4.69, 9.17) is 33.4 Å². The Bertz CT molecular complexity index is 1280. The number of aliphatic hydroxyl groups is 6. The molecule has 0 bridgehead atoms. The lowest BCUT2D eigenvalue weighted by Crippen LogP contribution is -2.37. The summed E-state index contributed by atoms with van der Waals surface area (Å²) in [5, 5.41) is 63.2. The number of thiophene rings is 1. The molecule has 2 radical (unpaired) electrons. The lowest BCUT2D eigenvalue weighted by molar-refractivity contribution is -0.385. The standard InChI is InChI=1S/C19H16BClN2O10S2/c1-17(25,26)15-13(21)16(33-22-15)23-35-12-2-3-34-14(12)9(24)4-7-5-10-11(32-19(29,30)31-10)6-8(7)18(20,27)28/h2-3,5-6,23,25-30H,4H2,1H3. The fourth-order valence-electron chi connectivity index (χ4n) is 3.13. The Balaban J connectivity index is 1.55. The summed E-state index contributed by atoms with van der Waals surface area (Å²) in [6.45, 7) is 1.06. The molecule has 12 nitrogen and oxygen atoms in total. The maximum absolute atomic E-state index is 13.1. The first kappa shape index (κ1) is 25.7. The van der Waals surface area contributed by atoms with Gasteiger partial charge in [0.05, 0.1) is 9.77 Å². The predicted octanol–water partition coefficient (Wildman–Crippen LogP) is 0.722. The average Bonchev–Trinajstić information content (AvgIpc) is 3.39. The molecular weight excluding hydrogens is 527 g/mol. The number of rotatable bonds is 8. The molecule has 3 heterocycles. The zero-order valence-electron chi connectivity index (χ0n) is 17.6. The number of carbonyl (C=O) groups excluding carboxylic acids is 1. The van der Waals surface area contributed by atoms with Crippen LogP contribution in [0.5, 0.6) is 11.5 Å². The van der Waals surface area contributed by atoms with Crippen LogP contribution in [0.3, 0.4) is 0 Å². The summed E-state index contributed by atoms with van der Waals surface area (Å²) in [5.74, 6) is -3.21. The highest BCUT2D eigenvalue weighted by Gasteiger charge is 2.40. The van der Waals surface area contributed by atoms with Gasteiger partial charge in [-0.25, -0.2) is 0 Å². The van der Waals surface area contributed by atoms with Gasteiger partial charge < -0.3 is 34.4 Å². The second kappa shape index (κ2) is 8.95. The molecule has 0 amide bonds. The molecule has 16 heteroatoms. The van der Waals surface area contributed by atoms with Gasteiger partial charge in [-0.15, -0.1) is 11.3 Å². The molecule has 184 valence electrons. The summed E-state index contributed by atoms with van der Waals surface area (Å²) in [6, 6.07) is 3.83. The summed E-state index contributed by atoms with van der Waals surface area (Å²) in [7, 11) is 5.40. The third-order valence-corrected chi connectivity index (χ3v) is 6.91. The molecule has 1 aromatic carbocycles. The Hall–Kier alpha value is -2.34. The Kier molecular flexibility index (Phi) is 6.59. The number of anilines is 1. The van der Waals surface area contributed by atoms with Crippen molar-refractivity contribution in [2.24, 2.45) is 0 Å². The zero-order valence-corrected chi connectivity index (χ0v) is 19.9. The van der Waals surface area contributed by atoms with Gasteiger partial charge in [-0.2, -0.15) is 0 Å². The van der Waals surface area contributed by atoms with Crippen molar-refractivity contribution in [3.05, 3.63) is 50.3 Å². The van der Waals surface area contributed by atoms with Crippen LogP contribution < -0.4 is 14.2 Å². The summed E-state index contributed by atoms with van der Waals surface area (Å²) in [6.07, 6.45) is -3.33. The summed E-state index contributed by atoms with van der Waals surface area (Å²) in [5.41, 5.74) is -3.44. The first-order valence-corrected chi connectivity index (χ1v) is 11.6. The van der Waals surface area contributed by atoms with Crippen molar-refractivity contribution < 1.29 is 49.4 Å². The van der Waals surface area contributed by atoms with Crippen molar-refractivity contribution in [1.82, 2.24) is 5.16 Å². The minimum Gasteiger partial charge on any atom is -0.403 e. The number of nitrogens with zero attached hydrogens (tertiary/aromatic N) is 1. The monoisotopic (exact) mass is 542 g/mol. The fraction of sp³-hybridized carbons (Fsp3) is 0.263. The molecule has 0 saturated heterocycles. The Morgan fingerprint density at radius 2 is 1.91 bits per heavy atom. The van der Waals surface area contributed by atoms with E-state index in [1.807, 2.05) is 0 Å². The highest BCUT2D eigenvalue weighted by atomic mass is 35.5.